The molecule has 0 saturated heterocycles. The van der Waals surface area contributed by atoms with Crippen LogP contribution in [0.1, 0.15) is 32.2 Å². The van der Waals surface area contributed by atoms with Gasteiger partial charge in [0.2, 0.25) is 4.96 Å². The van der Waals surface area contributed by atoms with Gasteiger partial charge in [-0.2, -0.15) is 5.10 Å². The normalized spacial score (nSPS) is 12.2. The van der Waals surface area contributed by atoms with Gasteiger partial charge in [-0.3, -0.25) is 4.98 Å². The van der Waals surface area contributed by atoms with Gasteiger partial charge in [-0.1, -0.05) is 32.1 Å². The number of aliphatic hydroxyl groups excluding tert-OH is 1. The van der Waals surface area contributed by atoms with E-state index in [4.69, 9.17) is 0 Å². The highest BCUT2D eigenvalue weighted by molar-refractivity contribution is 7.19. The van der Waals surface area contributed by atoms with Crippen LogP contribution in [0, 0.1) is 0 Å². The van der Waals surface area contributed by atoms with E-state index in [1.54, 1.807) is 16.9 Å². The molecule has 0 aliphatic heterocycles. The maximum absolute atomic E-state index is 9.64. The molecule has 104 valence electrons. The molecule has 0 saturated carbocycles. The van der Waals surface area contributed by atoms with Crippen molar-refractivity contribution in [1.82, 2.24) is 19.6 Å². The Morgan fingerprint density at radius 3 is 2.75 bits per heavy atom. The topological polar surface area (TPSA) is 63.3 Å². The molecule has 6 heteroatoms. The van der Waals surface area contributed by atoms with Crippen molar-refractivity contribution in [3.63, 3.8) is 0 Å². The molecule has 0 unspecified atom stereocenters. The van der Waals surface area contributed by atoms with Crippen LogP contribution in [0.5, 0.6) is 0 Å². The summed E-state index contributed by atoms with van der Waals surface area (Å²) in [5.74, 6) is 0. The quantitative estimate of drug-likeness (QED) is 0.787. The predicted octanol–water partition coefficient (Wildman–Crippen LogP) is 2.64. The van der Waals surface area contributed by atoms with Gasteiger partial charge < -0.3 is 5.11 Å². The van der Waals surface area contributed by atoms with Gasteiger partial charge in [-0.25, -0.2) is 9.50 Å². The minimum absolute atomic E-state index is 0.0655. The van der Waals surface area contributed by atoms with Crippen molar-refractivity contribution >= 4 is 16.3 Å². The van der Waals surface area contributed by atoms with Crippen molar-refractivity contribution in [2.24, 2.45) is 0 Å². The summed E-state index contributed by atoms with van der Waals surface area (Å²) in [7, 11) is 0. The van der Waals surface area contributed by atoms with Crippen molar-refractivity contribution < 1.29 is 5.11 Å². The summed E-state index contributed by atoms with van der Waals surface area (Å²) < 4.78 is 1.74. The molecule has 3 aromatic heterocycles. The van der Waals surface area contributed by atoms with Crippen LogP contribution in [0.25, 0.3) is 15.5 Å². The minimum Gasteiger partial charge on any atom is -0.390 e. The molecule has 3 aromatic rings. The number of rotatable bonds is 2. The number of aromatic nitrogens is 4. The fourth-order valence-corrected chi connectivity index (χ4v) is 3.05. The fourth-order valence-electron chi connectivity index (χ4n) is 2.14. The highest BCUT2D eigenvalue weighted by atomic mass is 32.1. The first-order chi connectivity index (χ1) is 9.50. The van der Waals surface area contributed by atoms with E-state index in [2.05, 4.69) is 35.8 Å². The zero-order chi connectivity index (χ0) is 14.3. The van der Waals surface area contributed by atoms with Crippen molar-refractivity contribution in [2.45, 2.75) is 32.8 Å². The Hall–Kier alpha value is -1.79. The Labute approximate surface area is 120 Å². The Bertz CT molecular complexity index is 740. The van der Waals surface area contributed by atoms with Crippen LogP contribution >= 0.6 is 11.3 Å². The zero-order valence-electron chi connectivity index (χ0n) is 11.7. The van der Waals surface area contributed by atoms with Gasteiger partial charge in [0.25, 0.3) is 0 Å². The smallest absolute Gasteiger partial charge is 0.213 e. The number of aliphatic hydroxyl groups is 1. The summed E-state index contributed by atoms with van der Waals surface area (Å²) >= 11 is 1.51. The van der Waals surface area contributed by atoms with Crippen molar-refractivity contribution in [2.75, 3.05) is 0 Å². The van der Waals surface area contributed by atoms with Crippen molar-refractivity contribution in [3.8, 4) is 10.6 Å². The molecule has 0 spiro atoms. The number of hydrogen-bond donors (Lipinski definition) is 1. The molecule has 3 heterocycles. The van der Waals surface area contributed by atoms with Gasteiger partial charge >= 0.3 is 0 Å². The van der Waals surface area contributed by atoms with E-state index >= 15 is 0 Å². The van der Waals surface area contributed by atoms with Crippen LogP contribution in [0.3, 0.4) is 0 Å². The Kier molecular flexibility index (Phi) is 3.07. The number of hydrogen-bond acceptors (Lipinski definition) is 5. The molecular weight excluding hydrogens is 272 g/mol. The standard InChI is InChI=1S/C14H16N4OS/c1-14(2,3)11-10(8-19)18-13(16-11)20-12(17-18)9-5-4-6-15-7-9/h4-7,19H,8H2,1-3H3. The lowest BCUT2D eigenvalue weighted by Crippen LogP contribution is -2.15. The zero-order valence-corrected chi connectivity index (χ0v) is 12.5. The molecule has 0 aliphatic rings. The second-order valence-electron chi connectivity index (χ2n) is 5.66. The van der Waals surface area contributed by atoms with Gasteiger partial charge in [0, 0.05) is 23.4 Å². The van der Waals surface area contributed by atoms with E-state index in [1.165, 1.54) is 11.3 Å². The molecule has 0 atom stereocenters. The summed E-state index contributed by atoms with van der Waals surface area (Å²) in [6, 6.07) is 3.85. The first-order valence-electron chi connectivity index (χ1n) is 6.41. The Morgan fingerprint density at radius 1 is 1.35 bits per heavy atom. The molecule has 0 amide bonds. The van der Waals surface area contributed by atoms with E-state index in [0.717, 1.165) is 26.9 Å². The third-order valence-corrected chi connectivity index (χ3v) is 4.02. The molecular formula is C14H16N4OS. The lowest BCUT2D eigenvalue weighted by molar-refractivity contribution is 0.270. The summed E-state index contributed by atoms with van der Waals surface area (Å²) in [5.41, 5.74) is 2.51. The molecule has 0 bridgehead atoms. The number of fused-ring (bicyclic) bond motifs is 1. The second-order valence-corrected chi connectivity index (χ2v) is 6.61. The third kappa shape index (κ3) is 2.10. The van der Waals surface area contributed by atoms with E-state index in [0.29, 0.717) is 0 Å². The summed E-state index contributed by atoms with van der Waals surface area (Å²) in [6.07, 6.45) is 3.51. The summed E-state index contributed by atoms with van der Waals surface area (Å²) in [6.45, 7) is 6.19. The first-order valence-corrected chi connectivity index (χ1v) is 7.22. The first kappa shape index (κ1) is 13.2. The fraction of sp³-hybridized carbons (Fsp3) is 0.357. The average molecular weight is 288 g/mol. The lowest BCUT2D eigenvalue weighted by Gasteiger charge is -2.16. The number of nitrogens with zero attached hydrogens (tertiary/aromatic N) is 4. The van der Waals surface area contributed by atoms with Gasteiger partial charge in [0.15, 0.2) is 0 Å². The van der Waals surface area contributed by atoms with Crippen molar-refractivity contribution in [1.29, 1.82) is 0 Å². The van der Waals surface area contributed by atoms with Gasteiger partial charge in [0.1, 0.15) is 5.01 Å². The minimum atomic E-state index is -0.111. The monoisotopic (exact) mass is 288 g/mol. The van der Waals surface area contributed by atoms with E-state index in [-0.39, 0.29) is 12.0 Å². The van der Waals surface area contributed by atoms with Crippen LogP contribution in [0.2, 0.25) is 0 Å². The molecule has 3 rings (SSSR count). The van der Waals surface area contributed by atoms with Gasteiger partial charge in [-0.05, 0) is 12.1 Å². The molecule has 0 aromatic carbocycles. The maximum atomic E-state index is 9.64. The molecule has 0 aliphatic carbocycles. The van der Waals surface area contributed by atoms with Crippen LogP contribution in [-0.2, 0) is 12.0 Å². The summed E-state index contributed by atoms with van der Waals surface area (Å²) in [4.78, 5) is 9.55. The Morgan fingerprint density at radius 2 is 2.15 bits per heavy atom. The van der Waals surface area contributed by atoms with Gasteiger partial charge in [-0.15, -0.1) is 0 Å². The van der Waals surface area contributed by atoms with Crippen LogP contribution in [0.4, 0.5) is 0 Å². The third-order valence-electron chi connectivity index (χ3n) is 3.07. The van der Waals surface area contributed by atoms with Crippen LogP contribution in [0.15, 0.2) is 24.5 Å². The van der Waals surface area contributed by atoms with Crippen LogP contribution < -0.4 is 0 Å². The maximum Gasteiger partial charge on any atom is 0.213 e. The second kappa shape index (κ2) is 4.64. The van der Waals surface area contributed by atoms with E-state index in [1.807, 2.05) is 12.1 Å². The highest BCUT2D eigenvalue weighted by Crippen LogP contribution is 2.31. The molecule has 0 radical (unpaired) electrons. The van der Waals surface area contributed by atoms with E-state index < -0.39 is 0 Å². The summed E-state index contributed by atoms with van der Waals surface area (Å²) in [5, 5.41) is 15.1. The number of pyridine rings is 1. The van der Waals surface area contributed by atoms with Crippen LogP contribution in [-0.4, -0.2) is 24.7 Å². The Balaban J connectivity index is 2.17. The molecule has 1 N–H and O–H groups in total. The van der Waals surface area contributed by atoms with E-state index in [9.17, 15) is 5.11 Å². The number of imidazole rings is 1. The lowest BCUT2D eigenvalue weighted by atomic mass is 9.91. The molecule has 20 heavy (non-hydrogen) atoms. The highest BCUT2D eigenvalue weighted by Gasteiger charge is 2.25. The largest absolute Gasteiger partial charge is 0.390 e. The van der Waals surface area contributed by atoms with Crippen molar-refractivity contribution in [3.05, 3.63) is 35.9 Å². The van der Waals surface area contributed by atoms with Gasteiger partial charge in [0.05, 0.1) is 18.0 Å². The average Bonchev–Trinajstić information content (AvgIpc) is 2.95. The molecule has 0 fully saturated rings. The predicted molar refractivity (Wildman–Crippen MR) is 78.7 cm³/mol. The molecule has 5 nitrogen and oxygen atoms in total. The SMILES string of the molecule is CC(C)(C)c1nc2sc(-c3cccnc3)nn2c1CO.